The van der Waals surface area contributed by atoms with Crippen LogP contribution >= 0.6 is 39.3 Å². The van der Waals surface area contributed by atoms with Crippen LogP contribution in [0, 0.1) is 5.92 Å². The molecule has 1 amide bonds. The minimum Gasteiger partial charge on any atom is -0.324 e. The van der Waals surface area contributed by atoms with Crippen LogP contribution in [0.5, 0.6) is 0 Å². The second-order valence-electron chi connectivity index (χ2n) is 6.21. The number of anilines is 1. The van der Waals surface area contributed by atoms with E-state index in [1.165, 1.54) is 43.9 Å². The summed E-state index contributed by atoms with van der Waals surface area (Å²) < 4.78 is 0.871. The van der Waals surface area contributed by atoms with E-state index >= 15 is 0 Å². The minimum atomic E-state index is -0.133. The number of amides is 1. The Hall–Kier alpha value is -1.05. The Morgan fingerprint density at radius 3 is 2.96 bits per heavy atom. The Balaban J connectivity index is 1.44. The van der Waals surface area contributed by atoms with E-state index in [2.05, 4.69) is 36.4 Å². The monoisotopic (exact) mass is 442 g/mol. The molecule has 0 radical (unpaired) electrons. The van der Waals surface area contributed by atoms with Gasteiger partial charge in [-0.25, -0.2) is 4.98 Å². The maximum atomic E-state index is 12.1. The Bertz CT molecular complexity index is 733. The lowest BCUT2D eigenvalue weighted by atomic mass is 10.0. The van der Waals surface area contributed by atoms with E-state index in [0.717, 1.165) is 22.6 Å². The number of aromatic nitrogens is 3. The van der Waals surface area contributed by atoms with Gasteiger partial charge in [0, 0.05) is 10.9 Å². The third-order valence-electron chi connectivity index (χ3n) is 4.31. The molecule has 1 saturated carbocycles. The van der Waals surface area contributed by atoms with Gasteiger partial charge in [-0.05, 0) is 30.5 Å². The molecule has 2 N–H and O–H groups in total. The zero-order valence-electron chi connectivity index (χ0n) is 13.7. The topological polar surface area (TPSA) is 70.7 Å². The second-order valence-corrected chi connectivity index (χ2v) is 8.48. The van der Waals surface area contributed by atoms with E-state index < -0.39 is 0 Å². The summed E-state index contributed by atoms with van der Waals surface area (Å²) in [4.78, 5) is 16.5. The van der Waals surface area contributed by atoms with E-state index in [-0.39, 0.29) is 11.7 Å². The zero-order valence-corrected chi connectivity index (χ0v) is 16.9. The van der Waals surface area contributed by atoms with Crippen LogP contribution in [0.1, 0.15) is 37.9 Å². The van der Waals surface area contributed by atoms with E-state index in [1.807, 2.05) is 6.07 Å². The molecule has 0 bridgehead atoms. The number of nitrogens with one attached hydrogen (secondary N) is 2. The number of H-pyrrole nitrogens is 1. The van der Waals surface area contributed by atoms with Crippen LogP contribution < -0.4 is 5.32 Å². The maximum Gasteiger partial charge on any atom is 0.234 e. The van der Waals surface area contributed by atoms with Gasteiger partial charge >= 0.3 is 0 Å². The quantitative estimate of drug-likeness (QED) is 0.586. The Morgan fingerprint density at radius 2 is 2.20 bits per heavy atom. The average molecular weight is 444 g/mol. The number of nitrogens with zero attached hydrogens (tertiary/aromatic N) is 2. The molecule has 25 heavy (non-hydrogen) atoms. The van der Waals surface area contributed by atoms with Gasteiger partial charge in [-0.1, -0.05) is 65.0 Å². The molecule has 5 nitrogen and oxygen atoms in total. The number of halogens is 2. The summed E-state index contributed by atoms with van der Waals surface area (Å²) in [6, 6.07) is 5.35. The summed E-state index contributed by atoms with van der Waals surface area (Å²) in [6.07, 6.45) is 7.50. The van der Waals surface area contributed by atoms with Crippen LogP contribution in [0.15, 0.2) is 27.8 Å². The molecule has 0 unspecified atom stereocenters. The van der Waals surface area contributed by atoms with Gasteiger partial charge in [0.1, 0.15) is 5.82 Å². The van der Waals surface area contributed by atoms with Gasteiger partial charge in [-0.3, -0.25) is 9.89 Å². The molecule has 0 atom stereocenters. The number of carbonyl (C=O) groups is 1. The lowest BCUT2D eigenvalue weighted by molar-refractivity contribution is -0.113. The first-order valence-corrected chi connectivity index (χ1v) is 10.5. The van der Waals surface area contributed by atoms with Crippen molar-refractivity contribution in [3.8, 4) is 0 Å². The third-order valence-corrected chi connectivity index (χ3v) is 5.97. The first kappa shape index (κ1) is 18.7. The van der Waals surface area contributed by atoms with Crippen molar-refractivity contribution < 1.29 is 4.79 Å². The molecule has 1 fully saturated rings. The molecular weight excluding hydrogens is 424 g/mol. The van der Waals surface area contributed by atoms with Gasteiger partial charge in [0.05, 0.1) is 16.5 Å². The van der Waals surface area contributed by atoms with Crippen molar-refractivity contribution in [2.75, 3.05) is 11.1 Å². The highest BCUT2D eigenvalue weighted by Gasteiger charge is 2.16. The third kappa shape index (κ3) is 5.72. The van der Waals surface area contributed by atoms with Gasteiger partial charge in [-0.15, -0.1) is 5.10 Å². The number of hydrogen-bond donors (Lipinski definition) is 2. The van der Waals surface area contributed by atoms with E-state index in [1.54, 1.807) is 12.1 Å². The number of carbonyl (C=O) groups excluding carboxylic acids is 1. The Labute approximate surface area is 164 Å². The van der Waals surface area contributed by atoms with Gasteiger partial charge in [0.25, 0.3) is 0 Å². The molecule has 1 heterocycles. The van der Waals surface area contributed by atoms with E-state index in [0.29, 0.717) is 15.9 Å². The molecule has 8 heteroatoms. The molecule has 0 spiro atoms. The van der Waals surface area contributed by atoms with Crippen LogP contribution in [0.3, 0.4) is 0 Å². The van der Waals surface area contributed by atoms with Crippen LogP contribution in [-0.4, -0.2) is 26.8 Å². The van der Waals surface area contributed by atoms with Crippen LogP contribution in [0.4, 0.5) is 5.69 Å². The van der Waals surface area contributed by atoms with Crippen molar-refractivity contribution in [3.05, 3.63) is 33.5 Å². The summed E-state index contributed by atoms with van der Waals surface area (Å²) in [5.41, 5.74) is 0.600. The van der Waals surface area contributed by atoms with Crippen molar-refractivity contribution in [3.63, 3.8) is 0 Å². The fourth-order valence-corrected chi connectivity index (χ4v) is 4.34. The van der Waals surface area contributed by atoms with Crippen LogP contribution in [-0.2, 0) is 11.2 Å². The maximum absolute atomic E-state index is 12.1. The average Bonchev–Trinajstić information content (AvgIpc) is 3.25. The molecule has 1 aliphatic rings. The molecule has 0 saturated heterocycles. The largest absolute Gasteiger partial charge is 0.324 e. The van der Waals surface area contributed by atoms with Crippen molar-refractivity contribution in [1.29, 1.82) is 0 Å². The molecule has 0 aliphatic heterocycles. The summed E-state index contributed by atoms with van der Waals surface area (Å²) in [7, 11) is 0. The molecule has 1 aromatic heterocycles. The van der Waals surface area contributed by atoms with Crippen molar-refractivity contribution in [2.24, 2.45) is 5.92 Å². The first-order chi connectivity index (χ1) is 12.1. The number of benzene rings is 1. The van der Waals surface area contributed by atoms with Gasteiger partial charge in [-0.2, -0.15) is 0 Å². The van der Waals surface area contributed by atoms with Crippen LogP contribution in [0.25, 0.3) is 0 Å². The molecule has 1 aliphatic carbocycles. The second kappa shape index (κ2) is 9.05. The number of aryl methyl sites for hydroxylation is 1. The van der Waals surface area contributed by atoms with Gasteiger partial charge in [0.15, 0.2) is 0 Å². The number of thioether (sulfide) groups is 1. The van der Waals surface area contributed by atoms with Gasteiger partial charge < -0.3 is 5.32 Å². The molecular formula is C17H20BrClN4OS. The van der Waals surface area contributed by atoms with E-state index in [9.17, 15) is 4.79 Å². The molecule has 1 aromatic carbocycles. The summed E-state index contributed by atoms with van der Waals surface area (Å²) in [6.45, 7) is 0. The number of hydrogen-bond acceptors (Lipinski definition) is 4. The van der Waals surface area contributed by atoms with Crippen molar-refractivity contribution in [2.45, 2.75) is 43.7 Å². The molecule has 134 valence electrons. The number of rotatable bonds is 7. The highest BCUT2D eigenvalue weighted by atomic mass is 79.9. The highest BCUT2D eigenvalue weighted by Crippen LogP contribution is 2.28. The summed E-state index contributed by atoms with van der Waals surface area (Å²) >= 11 is 10.8. The Morgan fingerprint density at radius 1 is 1.40 bits per heavy atom. The van der Waals surface area contributed by atoms with Crippen molar-refractivity contribution in [1.82, 2.24) is 15.2 Å². The lowest BCUT2D eigenvalue weighted by Crippen LogP contribution is -2.14. The fourth-order valence-electron chi connectivity index (χ4n) is 3.00. The first-order valence-electron chi connectivity index (χ1n) is 8.39. The summed E-state index contributed by atoms with van der Waals surface area (Å²) in [5.74, 6) is 1.85. The molecule has 3 rings (SSSR count). The number of aromatic amines is 1. The SMILES string of the molecule is O=C(CSc1n[nH]c(CCC2CCCC2)n1)Nc1ccc(Br)cc1Cl. The summed E-state index contributed by atoms with van der Waals surface area (Å²) in [5, 5.41) is 11.1. The van der Waals surface area contributed by atoms with Crippen molar-refractivity contribution >= 4 is 50.9 Å². The van der Waals surface area contributed by atoms with Crippen LogP contribution in [0.2, 0.25) is 5.02 Å². The molecule has 2 aromatic rings. The Kier molecular flexibility index (Phi) is 6.78. The fraction of sp³-hybridized carbons (Fsp3) is 0.471. The predicted molar refractivity (Wildman–Crippen MR) is 105 cm³/mol. The standard InChI is InChI=1S/C17H20BrClN4OS/c18-12-6-7-14(13(19)9-12)20-16(24)10-25-17-21-15(22-23-17)8-5-11-3-1-2-4-11/h6-7,9,11H,1-5,8,10H2,(H,20,24)(H,21,22,23). The smallest absolute Gasteiger partial charge is 0.234 e. The normalized spacial score (nSPS) is 14.8. The van der Waals surface area contributed by atoms with E-state index in [4.69, 9.17) is 11.6 Å². The lowest BCUT2D eigenvalue weighted by Gasteiger charge is -2.06. The highest BCUT2D eigenvalue weighted by molar-refractivity contribution is 9.10. The predicted octanol–water partition coefficient (Wildman–Crippen LogP) is 5.07. The van der Waals surface area contributed by atoms with Gasteiger partial charge in [0.2, 0.25) is 11.1 Å². The zero-order chi connectivity index (χ0) is 17.6. The minimum absolute atomic E-state index is 0.133.